The SMILES string of the molecule is COC(=O)N1CCC([C@H](C)NC(=O)[C@@H]2CC23CCOCC3)CC1. The first-order chi connectivity index (χ1) is 11.1. The van der Waals surface area contributed by atoms with Gasteiger partial charge in [0, 0.05) is 38.3 Å². The van der Waals surface area contributed by atoms with Crippen LogP contribution in [0.1, 0.15) is 39.0 Å². The molecule has 3 rings (SSSR count). The van der Waals surface area contributed by atoms with Gasteiger partial charge in [-0.15, -0.1) is 0 Å². The summed E-state index contributed by atoms with van der Waals surface area (Å²) in [4.78, 5) is 25.8. The molecule has 130 valence electrons. The molecule has 1 spiro atoms. The molecule has 6 heteroatoms. The molecule has 0 aromatic rings. The molecule has 2 atom stereocenters. The maximum Gasteiger partial charge on any atom is 0.409 e. The van der Waals surface area contributed by atoms with E-state index in [4.69, 9.17) is 9.47 Å². The van der Waals surface area contributed by atoms with Gasteiger partial charge in [-0.2, -0.15) is 0 Å². The molecule has 1 N–H and O–H groups in total. The minimum Gasteiger partial charge on any atom is -0.453 e. The fraction of sp³-hybridized carbons (Fsp3) is 0.882. The zero-order chi connectivity index (χ0) is 16.4. The van der Waals surface area contributed by atoms with E-state index in [0.717, 1.165) is 45.3 Å². The van der Waals surface area contributed by atoms with Crippen LogP contribution in [0.15, 0.2) is 0 Å². The van der Waals surface area contributed by atoms with Gasteiger partial charge in [0.2, 0.25) is 5.91 Å². The molecule has 0 bridgehead atoms. The van der Waals surface area contributed by atoms with Crippen LogP contribution in [0, 0.1) is 17.3 Å². The van der Waals surface area contributed by atoms with Gasteiger partial charge < -0.3 is 19.7 Å². The molecule has 23 heavy (non-hydrogen) atoms. The lowest BCUT2D eigenvalue weighted by Crippen LogP contribution is -2.46. The lowest BCUT2D eigenvalue weighted by atomic mass is 9.89. The van der Waals surface area contributed by atoms with E-state index in [1.54, 1.807) is 4.90 Å². The van der Waals surface area contributed by atoms with Crippen molar-refractivity contribution in [1.82, 2.24) is 10.2 Å². The summed E-state index contributed by atoms with van der Waals surface area (Å²) in [5.41, 5.74) is 0.232. The first-order valence-electron chi connectivity index (χ1n) is 8.77. The quantitative estimate of drug-likeness (QED) is 0.859. The van der Waals surface area contributed by atoms with Crippen LogP contribution >= 0.6 is 0 Å². The molecule has 3 fully saturated rings. The highest BCUT2D eigenvalue weighted by molar-refractivity contribution is 5.82. The van der Waals surface area contributed by atoms with E-state index in [2.05, 4.69) is 12.2 Å². The number of methoxy groups -OCH3 is 1. The first-order valence-corrected chi connectivity index (χ1v) is 8.77. The molecule has 3 aliphatic rings. The fourth-order valence-corrected chi connectivity index (χ4v) is 4.20. The van der Waals surface area contributed by atoms with E-state index in [9.17, 15) is 9.59 Å². The first kappa shape index (κ1) is 16.6. The van der Waals surface area contributed by atoms with Crippen molar-refractivity contribution < 1.29 is 19.1 Å². The lowest BCUT2D eigenvalue weighted by Gasteiger charge is -2.34. The summed E-state index contributed by atoms with van der Waals surface area (Å²) in [6, 6.07) is 0.166. The van der Waals surface area contributed by atoms with E-state index in [1.807, 2.05) is 0 Å². The Balaban J connectivity index is 1.44. The van der Waals surface area contributed by atoms with Gasteiger partial charge in [-0.1, -0.05) is 0 Å². The lowest BCUT2D eigenvalue weighted by molar-refractivity contribution is -0.124. The normalized spacial score (nSPS) is 28.3. The number of likely N-dealkylation sites (tertiary alicyclic amines) is 1. The number of nitrogens with zero attached hydrogens (tertiary/aromatic N) is 1. The molecule has 2 amide bonds. The monoisotopic (exact) mass is 324 g/mol. The third kappa shape index (κ3) is 3.47. The summed E-state index contributed by atoms with van der Waals surface area (Å²) in [5, 5.41) is 3.23. The van der Waals surface area contributed by atoms with Gasteiger partial charge in [0.15, 0.2) is 0 Å². The molecule has 0 aromatic carbocycles. The number of carbonyl (C=O) groups excluding carboxylic acids is 2. The summed E-state index contributed by atoms with van der Waals surface area (Å²) >= 11 is 0. The second-order valence-corrected chi connectivity index (χ2v) is 7.32. The second kappa shape index (κ2) is 6.67. The van der Waals surface area contributed by atoms with Gasteiger partial charge >= 0.3 is 6.09 Å². The Bertz CT molecular complexity index is 454. The topological polar surface area (TPSA) is 67.9 Å². The van der Waals surface area contributed by atoms with E-state index in [0.29, 0.717) is 19.0 Å². The van der Waals surface area contributed by atoms with Gasteiger partial charge in [-0.3, -0.25) is 4.79 Å². The van der Waals surface area contributed by atoms with Crippen LogP contribution in [-0.2, 0) is 14.3 Å². The zero-order valence-corrected chi connectivity index (χ0v) is 14.2. The van der Waals surface area contributed by atoms with Gasteiger partial charge in [-0.25, -0.2) is 4.79 Å². The highest BCUT2D eigenvalue weighted by Crippen LogP contribution is 2.59. The van der Waals surface area contributed by atoms with Gasteiger partial charge in [0.25, 0.3) is 0 Å². The fourth-order valence-electron chi connectivity index (χ4n) is 4.20. The molecule has 2 aliphatic heterocycles. The Hall–Kier alpha value is -1.30. The number of rotatable bonds is 3. The minimum atomic E-state index is -0.250. The summed E-state index contributed by atoms with van der Waals surface area (Å²) in [7, 11) is 1.42. The second-order valence-electron chi connectivity index (χ2n) is 7.32. The zero-order valence-electron chi connectivity index (χ0n) is 14.2. The van der Waals surface area contributed by atoms with Crippen LogP contribution in [0.3, 0.4) is 0 Å². The number of nitrogens with one attached hydrogen (secondary N) is 1. The van der Waals surface area contributed by atoms with Crippen molar-refractivity contribution in [2.75, 3.05) is 33.4 Å². The number of hydrogen-bond donors (Lipinski definition) is 1. The van der Waals surface area contributed by atoms with Crippen molar-refractivity contribution in [2.24, 2.45) is 17.3 Å². The number of carbonyl (C=O) groups is 2. The molecular formula is C17H28N2O4. The average Bonchev–Trinajstić information content (AvgIpc) is 3.28. The molecular weight excluding hydrogens is 296 g/mol. The van der Waals surface area contributed by atoms with Crippen molar-refractivity contribution in [3.63, 3.8) is 0 Å². The minimum absolute atomic E-state index is 0.166. The number of amides is 2. The summed E-state index contributed by atoms with van der Waals surface area (Å²) in [6.07, 6.45) is 4.66. The van der Waals surface area contributed by atoms with Crippen molar-refractivity contribution in [3.8, 4) is 0 Å². The van der Waals surface area contributed by atoms with Crippen LogP contribution in [0.4, 0.5) is 4.79 Å². The van der Waals surface area contributed by atoms with E-state index in [1.165, 1.54) is 7.11 Å². The molecule has 0 unspecified atom stereocenters. The Morgan fingerprint density at radius 1 is 1.26 bits per heavy atom. The molecule has 1 saturated carbocycles. The number of piperidine rings is 1. The van der Waals surface area contributed by atoms with E-state index < -0.39 is 0 Å². The highest BCUT2D eigenvalue weighted by atomic mass is 16.5. The Labute approximate surface area is 137 Å². The van der Waals surface area contributed by atoms with Crippen molar-refractivity contribution in [1.29, 1.82) is 0 Å². The van der Waals surface area contributed by atoms with Crippen molar-refractivity contribution in [2.45, 2.75) is 45.1 Å². The molecule has 0 radical (unpaired) electrons. The van der Waals surface area contributed by atoms with E-state index >= 15 is 0 Å². The van der Waals surface area contributed by atoms with Gasteiger partial charge in [0.05, 0.1) is 7.11 Å². The van der Waals surface area contributed by atoms with Crippen molar-refractivity contribution in [3.05, 3.63) is 0 Å². The largest absolute Gasteiger partial charge is 0.453 e. The van der Waals surface area contributed by atoms with Crippen LogP contribution in [-0.4, -0.2) is 56.4 Å². The third-order valence-corrected chi connectivity index (χ3v) is 6.04. The molecule has 2 heterocycles. The predicted octanol–water partition coefficient (Wildman–Crippen LogP) is 1.79. The Morgan fingerprint density at radius 3 is 2.52 bits per heavy atom. The molecule has 1 aliphatic carbocycles. The van der Waals surface area contributed by atoms with E-state index in [-0.39, 0.29) is 29.4 Å². The standard InChI is InChI=1S/C17H28N2O4/c1-12(13-3-7-19(8-4-13)16(21)22-2)18-15(20)14-11-17(14)5-9-23-10-6-17/h12-14H,3-11H2,1-2H3,(H,18,20)/t12-,14-/m0/s1. The molecule has 2 saturated heterocycles. The highest BCUT2D eigenvalue weighted by Gasteiger charge is 2.58. The summed E-state index contributed by atoms with van der Waals surface area (Å²) < 4.78 is 10.2. The molecule has 6 nitrogen and oxygen atoms in total. The average molecular weight is 324 g/mol. The molecule has 0 aromatic heterocycles. The van der Waals surface area contributed by atoms with Crippen LogP contribution in [0.5, 0.6) is 0 Å². The maximum absolute atomic E-state index is 12.5. The smallest absolute Gasteiger partial charge is 0.409 e. The van der Waals surface area contributed by atoms with Gasteiger partial charge in [0.1, 0.15) is 0 Å². The Morgan fingerprint density at radius 2 is 1.91 bits per heavy atom. The maximum atomic E-state index is 12.5. The number of ether oxygens (including phenoxy) is 2. The van der Waals surface area contributed by atoms with Crippen LogP contribution < -0.4 is 5.32 Å². The predicted molar refractivity (Wildman–Crippen MR) is 84.9 cm³/mol. The third-order valence-electron chi connectivity index (χ3n) is 6.04. The number of hydrogen-bond acceptors (Lipinski definition) is 4. The van der Waals surface area contributed by atoms with Crippen molar-refractivity contribution >= 4 is 12.0 Å². The van der Waals surface area contributed by atoms with Crippen LogP contribution in [0.25, 0.3) is 0 Å². The van der Waals surface area contributed by atoms with Gasteiger partial charge in [-0.05, 0) is 50.4 Å². The summed E-state index contributed by atoms with van der Waals surface area (Å²) in [6.45, 7) is 5.11. The summed E-state index contributed by atoms with van der Waals surface area (Å²) in [5.74, 6) is 0.836. The van der Waals surface area contributed by atoms with Crippen LogP contribution in [0.2, 0.25) is 0 Å². The Kier molecular flexibility index (Phi) is 4.80.